The lowest BCUT2D eigenvalue weighted by Gasteiger charge is -2.26. The second-order valence-corrected chi connectivity index (χ2v) is 7.98. The summed E-state index contributed by atoms with van der Waals surface area (Å²) in [6, 6.07) is 20.8. The molecule has 2 aliphatic carbocycles. The first-order chi connectivity index (χ1) is 14.2. The van der Waals surface area contributed by atoms with Crippen LogP contribution in [0.1, 0.15) is 36.8 Å². The number of fused-ring (bicyclic) bond motifs is 1. The van der Waals surface area contributed by atoms with Crippen LogP contribution in [0.3, 0.4) is 0 Å². The number of allylic oxidation sites excluding steroid dienone is 6. The number of carbonyl (C=O) groups excluding carboxylic acids is 2. The summed E-state index contributed by atoms with van der Waals surface area (Å²) in [7, 11) is 0. The molecule has 2 aromatic rings. The molecule has 2 aromatic carbocycles. The quantitative estimate of drug-likeness (QED) is 0.519. The fourth-order valence-electron chi connectivity index (χ4n) is 4.66. The van der Waals surface area contributed by atoms with Crippen LogP contribution in [0.25, 0.3) is 11.1 Å². The van der Waals surface area contributed by atoms with E-state index < -0.39 is 0 Å². The molecule has 1 saturated heterocycles. The van der Waals surface area contributed by atoms with Gasteiger partial charge in [-0.2, -0.15) is 0 Å². The van der Waals surface area contributed by atoms with Gasteiger partial charge in [-0.05, 0) is 59.1 Å². The molecule has 0 bridgehead atoms. The lowest BCUT2D eigenvalue weighted by molar-refractivity contribution is -0.153. The minimum atomic E-state index is -0.365. The van der Waals surface area contributed by atoms with Crippen molar-refractivity contribution in [3.05, 3.63) is 95.1 Å². The second-order valence-electron chi connectivity index (χ2n) is 7.98. The summed E-state index contributed by atoms with van der Waals surface area (Å²) in [5.74, 6) is -1.42. The molecule has 5 rings (SSSR count). The highest BCUT2D eigenvalue weighted by Gasteiger charge is 2.47. The van der Waals surface area contributed by atoms with E-state index >= 15 is 0 Å². The van der Waals surface area contributed by atoms with Crippen molar-refractivity contribution in [1.29, 1.82) is 0 Å². The Kier molecular flexibility index (Phi) is 4.51. The van der Waals surface area contributed by atoms with Gasteiger partial charge in [-0.3, -0.25) is 9.59 Å². The summed E-state index contributed by atoms with van der Waals surface area (Å²) in [5.41, 5.74) is 7.28. The van der Waals surface area contributed by atoms with Crippen molar-refractivity contribution < 1.29 is 14.3 Å². The fourth-order valence-corrected chi connectivity index (χ4v) is 4.66. The van der Waals surface area contributed by atoms with Gasteiger partial charge in [-0.15, -0.1) is 0 Å². The van der Waals surface area contributed by atoms with Crippen LogP contribution in [0.2, 0.25) is 0 Å². The summed E-state index contributed by atoms with van der Waals surface area (Å²) in [6.07, 6.45) is 7.49. The van der Waals surface area contributed by atoms with Gasteiger partial charge in [0.2, 0.25) is 0 Å². The van der Waals surface area contributed by atoms with Gasteiger partial charge >= 0.3 is 11.9 Å². The van der Waals surface area contributed by atoms with E-state index in [0.717, 1.165) is 24.0 Å². The predicted octanol–water partition coefficient (Wildman–Crippen LogP) is 5.35. The van der Waals surface area contributed by atoms with Crippen LogP contribution in [0.5, 0.6) is 0 Å². The number of hydrogen-bond acceptors (Lipinski definition) is 3. The van der Waals surface area contributed by atoms with Crippen molar-refractivity contribution in [1.82, 2.24) is 0 Å². The molecule has 1 fully saturated rings. The Balaban J connectivity index is 1.62. The number of carbonyl (C=O) groups is 2. The van der Waals surface area contributed by atoms with Crippen LogP contribution >= 0.6 is 0 Å². The van der Waals surface area contributed by atoms with Crippen LogP contribution in [0.4, 0.5) is 0 Å². The first kappa shape index (κ1) is 17.9. The normalized spacial score (nSPS) is 27.6. The van der Waals surface area contributed by atoms with Gasteiger partial charge in [0.1, 0.15) is 0 Å². The molecule has 0 saturated carbocycles. The molecule has 1 aliphatic heterocycles. The van der Waals surface area contributed by atoms with E-state index in [1.165, 1.54) is 22.3 Å². The zero-order chi connectivity index (χ0) is 19.8. The highest BCUT2D eigenvalue weighted by Crippen LogP contribution is 2.44. The maximum Gasteiger partial charge on any atom is 0.317 e. The number of hydrogen-bond donors (Lipinski definition) is 0. The number of benzene rings is 2. The minimum Gasteiger partial charge on any atom is -0.393 e. The standard InChI is InChI=1S/C26H22O3/c27-25-23-15-21-13-19(17-7-3-1-4-8-17)11-12-20(18-9-5-2-6-10-18)14-22(21)16-24(23)26(28)29-25/h1-10,13-14,23-24H,11-12,15-16H2/b19-13+,20-14+. The van der Waals surface area contributed by atoms with E-state index in [2.05, 4.69) is 60.7 Å². The summed E-state index contributed by atoms with van der Waals surface area (Å²) < 4.78 is 4.95. The summed E-state index contributed by atoms with van der Waals surface area (Å²) >= 11 is 0. The fraction of sp³-hybridized carbons (Fsp3) is 0.231. The number of esters is 2. The molecule has 0 aromatic heterocycles. The third kappa shape index (κ3) is 3.38. The van der Waals surface area contributed by atoms with Gasteiger partial charge in [0, 0.05) is 0 Å². The largest absolute Gasteiger partial charge is 0.393 e. The van der Waals surface area contributed by atoms with Gasteiger partial charge in [-0.25, -0.2) is 0 Å². The minimum absolute atomic E-state index is 0.345. The molecule has 1 heterocycles. The van der Waals surface area contributed by atoms with Gasteiger partial charge in [0.25, 0.3) is 0 Å². The molecule has 3 aliphatic rings. The summed E-state index contributed by atoms with van der Waals surface area (Å²) in [6.45, 7) is 0. The summed E-state index contributed by atoms with van der Waals surface area (Å²) in [4.78, 5) is 24.4. The Morgan fingerprint density at radius 3 is 1.45 bits per heavy atom. The highest BCUT2D eigenvalue weighted by atomic mass is 16.6. The Morgan fingerprint density at radius 1 is 0.621 bits per heavy atom. The molecular formula is C26H22O3. The number of cyclic esters (lactones) is 2. The van der Waals surface area contributed by atoms with Crippen molar-refractivity contribution in [3.8, 4) is 0 Å². The molecule has 0 spiro atoms. The van der Waals surface area contributed by atoms with E-state index in [1.807, 2.05) is 12.1 Å². The van der Waals surface area contributed by atoms with Gasteiger partial charge in [0.05, 0.1) is 11.8 Å². The van der Waals surface area contributed by atoms with Crippen molar-refractivity contribution in [3.63, 3.8) is 0 Å². The van der Waals surface area contributed by atoms with E-state index in [0.29, 0.717) is 12.8 Å². The lowest BCUT2D eigenvalue weighted by atomic mass is 9.74. The Labute approximate surface area is 170 Å². The zero-order valence-electron chi connectivity index (χ0n) is 16.1. The maximum absolute atomic E-state index is 12.2. The van der Waals surface area contributed by atoms with E-state index in [9.17, 15) is 9.59 Å². The zero-order valence-corrected chi connectivity index (χ0v) is 16.1. The molecule has 3 heteroatoms. The topological polar surface area (TPSA) is 43.4 Å². The third-order valence-electron chi connectivity index (χ3n) is 6.23. The third-order valence-corrected chi connectivity index (χ3v) is 6.23. The van der Waals surface area contributed by atoms with E-state index in [1.54, 1.807) is 0 Å². The van der Waals surface area contributed by atoms with Crippen LogP contribution in [-0.4, -0.2) is 11.9 Å². The Hall–Kier alpha value is -3.20. The van der Waals surface area contributed by atoms with Crippen molar-refractivity contribution >= 4 is 23.1 Å². The smallest absolute Gasteiger partial charge is 0.317 e. The molecule has 0 N–H and O–H groups in total. The monoisotopic (exact) mass is 382 g/mol. The lowest BCUT2D eigenvalue weighted by Crippen LogP contribution is -2.23. The van der Waals surface area contributed by atoms with Crippen LogP contribution in [-0.2, 0) is 14.3 Å². The maximum atomic E-state index is 12.2. The molecule has 3 nitrogen and oxygen atoms in total. The Bertz CT molecular complexity index is 972. The van der Waals surface area contributed by atoms with E-state index in [-0.39, 0.29) is 23.8 Å². The predicted molar refractivity (Wildman–Crippen MR) is 112 cm³/mol. The average molecular weight is 382 g/mol. The van der Waals surface area contributed by atoms with Crippen LogP contribution < -0.4 is 0 Å². The second kappa shape index (κ2) is 7.32. The highest BCUT2D eigenvalue weighted by molar-refractivity contribution is 5.97. The molecule has 2 atom stereocenters. The summed E-state index contributed by atoms with van der Waals surface area (Å²) in [5, 5.41) is 0. The number of ether oxygens (including phenoxy) is 1. The van der Waals surface area contributed by atoms with Crippen molar-refractivity contribution in [2.24, 2.45) is 11.8 Å². The van der Waals surface area contributed by atoms with Crippen molar-refractivity contribution in [2.45, 2.75) is 25.7 Å². The first-order valence-electron chi connectivity index (χ1n) is 10.2. The molecule has 29 heavy (non-hydrogen) atoms. The van der Waals surface area contributed by atoms with Gasteiger partial charge in [-0.1, -0.05) is 72.8 Å². The molecule has 144 valence electrons. The average Bonchev–Trinajstić information content (AvgIpc) is 3.02. The Morgan fingerprint density at radius 2 is 1.03 bits per heavy atom. The van der Waals surface area contributed by atoms with Gasteiger partial charge < -0.3 is 4.74 Å². The van der Waals surface area contributed by atoms with Crippen LogP contribution in [0.15, 0.2) is 84.0 Å². The van der Waals surface area contributed by atoms with Gasteiger partial charge in [0.15, 0.2) is 0 Å². The number of rotatable bonds is 2. The SMILES string of the molecule is O=C1OC(=O)C2CC3=C(/C=C(/c4ccccc4)CC/C(c4ccccc4)=C\3)CC12. The molecular weight excluding hydrogens is 360 g/mol. The first-order valence-corrected chi connectivity index (χ1v) is 10.2. The van der Waals surface area contributed by atoms with Crippen LogP contribution in [0, 0.1) is 11.8 Å². The molecule has 2 unspecified atom stereocenters. The molecule has 0 radical (unpaired) electrons. The van der Waals surface area contributed by atoms with Crippen molar-refractivity contribution in [2.75, 3.05) is 0 Å². The molecule has 0 amide bonds. The van der Waals surface area contributed by atoms with E-state index in [4.69, 9.17) is 4.74 Å².